The number of nitrogens with one attached hydrogen (secondary N) is 1. The molecule has 7 heteroatoms. The van der Waals surface area contributed by atoms with E-state index in [9.17, 15) is 14.7 Å². The summed E-state index contributed by atoms with van der Waals surface area (Å²) in [4.78, 5) is 29.5. The second kappa shape index (κ2) is 7.07. The van der Waals surface area contributed by atoms with Crippen molar-refractivity contribution < 1.29 is 19.2 Å². The molecular formula is C21H21N3O4. The van der Waals surface area contributed by atoms with Gasteiger partial charge in [0.25, 0.3) is 11.6 Å². The molecule has 1 fully saturated rings. The summed E-state index contributed by atoms with van der Waals surface area (Å²) in [5.74, 6) is -1.25. The van der Waals surface area contributed by atoms with E-state index in [0.717, 1.165) is 18.5 Å². The maximum absolute atomic E-state index is 13.1. The lowest BCUT2D eigenvalue weighted by atomic mass is 10.0. The zero-order valence-corrected chi connectivity index (χ0v) is 15.7. The average Bonchev–Trinajstić information content (AvgIpc) is 3.44. The van der Waals surface area contributed by atoms with Gasteiger partial charge in [0.15, 0.2) is 6.04 Å². The molecular weight excluding hydrogens is 358 g/mol. The van der Waals surface area contributed by atoms with Gasteiger partial charge in [-0.2, -0.15) is 0 Å². The van der Waals surface area contributed by atoms with Crippen molar-refractivity contribution in [3.63, 3.8) is 0 Å². The Hall–Kier alpha value is -3.22. The number of rotatable bonds is 6. The summed E-state index contributed by atoms with van der Waals surface area (Å²) in [6, 6.07) is 9.23. The van der Waals surface area contributed by atoms with Gasteiger partial charge in [-0.3, -0.25) is 4.79 Å². The van der Waals surface area contributed by atoms with E-state index in [2.05, 4.69) is 15.5 Å². The fraction of sp³-hybridized carbons (Fsp3) is 0.333. The molecule has 0 spiro atoms. The Morgan fingerprint density at radius 1 is 1.21 bits per heavy atom. The molecule has 1 amide bonds. The van der Waals surface area contributed by atoms with Crippen LogP contribution in [0.15, 0.2) is 40.9 Å². The minimum Gasteiger partial charge on any atom is -0.479 e. The van der Waals surface area contributed by atoms with Gasteiger partial charge in [-0.1, -0.05) is 49.3 Å². The third-order valence-electron chi connectivity index (χ3n) is 4.94. The van der Waals surface area contributed by atoms with Gasteiger partial charge in [-0.25, -0.2) is 9.78 Å². The number of carbonyl (C=O) groups excluding carboxylic acids is 1. The third-order valence-corrected chi connectivity index (χ3v) is 4.94. The van der Waals surface area contributed by atoms with E-state index in [1.54, 1.807) is 36.4 Å². The SMILES string of the molecule is CC(C)c1noc2nc(C3CC3)cc(C(=O)NC(C(=O)O)c3ccccc3)c12. The van der Waals surface area contributed by atoms with E-state index in [1.807, 2.05) is 13.8 Å². The molecule has 1 aliphatic carbocycles. The molecule has 2 heterocycles. The van der Waals surface area contributed by atoms with Gasteiger partial charge in [0, 0.05) is 11.6 Å². The van der Waals surface area contributed by atoms with E-state index in [0.29, 0.717) is 33.8 Å². The van der Waals surface area contributed by atoms with Crippen molar-refractivity contribution in [3.8, 4) is 0 Å². The molecule has 1 unspecified atom stereocenters. The highest BCUT2D eigenvalue weighted by molar-refractivity contribution is 6.07. The second-order valence-electron chi connectivity index (χ2n) is 7.43. The number of nitrogens with zero attached hydrogens (tertiary/aromatic N) is 2. The fourth-order valence-electron chi connectivity index (χ4n) is 3.30. The molecule has 1 saturated carbocycles. The molecule has 0 aliphatic heterocycles. The number of carbonyl (C=O) groups is 2. The molecule has 0 saturated heterocycles. The van der Waals surface area contributed by atoms with Gasteiger partial charge in [-0.15, -0.1) is 0 Å². The van der Waals surface area contributed by atoms with E-state index in [1.165, 1.54) is 0 Å². The topological polar surface area (TPSA) is 105 Å². The van der Waals surface area contributed by atoms with Gasteiger partial charge in [0.05, 0.1) is 16.6 Å². The number of amides is 1. The Morgan fingerprint density at radius 3 is 2.54 bits per heavy atom. The summed E-state index contributed by atoms with van der Waals surface area (Å²) in [5.41, 5.74) is 2.62. The average molecular weight is 379 g/mol. The number of hydrogen-bond donors (Lipinski definition) is 2. The van der Waals surface area contributed by atoms with Crippen LogP contribution in [0, 0.1) is 0 Å². The normalized spacial score (nSPS) is 15.0. The molecule has 7 nitrogen and oxygen atoms in total. The molecule has 0 radical (unpaired) electrons. The highest BCUT2D eigenvalue weighted by Crippen LogP contribution is 2.41. The van der Waals surface area contributed by atoms with E-state index < -0.39 is 17.9 Å². The zero-order chi connectivity index (χ0) is 19.8. The fourth-order valence-corrected chi connectivity index (χ4v) is 3.30. The maximum Gasteiger partial charge on any atom is 0.330 e. The van der Waals surface area contributed by atoms with Crippen LogP contribution in [0.2, 0.25) is 0 Å². The minimum absolute atomic E-state index is 0.0331. The van der Waals surface area contributed by atoms with Gasteiger partial charge < -0.3 is 14.9 Å². The lowest BCUT2D eigenvalue weighted by molar-refractivity contribution is -0.139. The smallest absolute Gasteiger partial charge is 0.330 e. The molecule has 2 aromatic heterocycles. The van der Waals surface area contributed by atoms with Crippen molar-refractivity contribution >= 4 is 23.0 Å². The summed E-state index contributed by atoms with van der Waals surface area (Å²) in [6.45, 7) is 3.91. The molecule has 3 aromatic rings. The predicted octanol–water partition coefficient (Wildman–Crippen LogP) is 3.78. The van der Waals surface area contributed by atoms with Crippen LogP contribution < -0.4 is 5.32 Å². The Labute approximate surface area is 161 Å². The molecule has 144 valence electrons. The van der Waals surface area contributed by atoms with Gasteiger partial charge >= 0.3 is 5.97 Å². The van der Waals surface area contributed by atoms with Crippen LogP contribution >= 0.6 is 0 Å². The Balaban J connectivity index is 1.77. The lowest BCUT2D eigenvalue weighted by Gasteiger charge is -2.16. The highest BCUT2D eigenvalue weighted by atomic mass is 16.5. The number of carboxylic acids is 1. The van der Waals surface area contributed by atoms with E-state index in [-0.39, 0.29) is 5.92 Å². The Kier molecular flexibility index (Phi) is 4.58. The molecule has 0 bridgehead atoms. The monoisotopic (exact) mass is 379 g/mol. The first-order valence-electron chi connectivity index (χ1n) is 9.34. The van der Waals surface area contributed by atoms with Crippen molar-refractivity contribution in [1.82, 2.24) is 15.5 Å². The number of pyridine rings is 1. The predicted molar refractivity (Wildman–Crippen MR) is 102 cm³/mol. The van der Waals surface area contributed by atoms with Gasteiger partial charge in [-0.05, 0) is 30.4 Å². The zero-order valence-electron chi connectivity index (χ0n) is 15.7. The van der Waals surface area contributed by atoms with Crippen LogP contribution in [-0.4, -0.2) is 27.1 Å². The first kappa shape index (κ1) is 18.2. The van der Waals surface area contributed by atoms with Crippen molar-refractivity contribution in [1.29, 1.82) is 0 Å². The number of aromatic nitrogens is 2. The van der Waals surface area contributed by atoms with Crippen LogP contribution in [0.3, 0.4) is 0 Å². The first-order valence-corrected chi connectivity index (χ1v) is 9.34. The second-order valence-corrected chi connectivity index (χ2v) is 7.43. The summed E-state index contributed by atoms with van der Waals surface area (Å²) in [5, 5.41) is 16.9. The van der Waals surface area contributed by atoms with Crippen LogP contribution in [0.4, 0.5) is 0 Å². The molecule has 28 heavy (non-hydrogen) atoms. The van der Waals surface area contributed by atoms with Gasteiger partial charge in [0.2, 0.25) is 0 Å². The molecule has 4 rings (SSSR count). The largest absolute Gasteiger partial charge is 0.479 e. The molecule has 1 aliphatic rings. The number of hydrogen-bond acceptors (Lipinski definition) is 5. The third kappa shape index (κ3) is 3.35. The summed E-state index contributed by atoms with van der Waals surface area (Å²) in [7, 11) is 0. The van der Waals surface area contributed by atoms with Crippen LogP contribution in [0.5, 0.6) is 0 Å². The number of benzene rings is 1. The van der Waals surface area contributed by atoms with E-state index >= 15 is 0 Å². The molecule has 1 atom stereocenters. The summed E-state index contributed by atoms with van der Waals surface area (Å²) < 4.78 is 5.40. The Morgan fingerprint density at radius 2 is 1.93 bits per heavy atom. The standard InChI is InChI=1S/C21H21N3O4/c1-11(2)17-16-14(10-15(12-8-9-12)22-20(16)28-24-17)19(25)23-18(21(26)27)13-6-4-3-5-7-13/h3-7,10-12,18H,8-9H2,1-2H3,(H,23,25)(H,26,27). The maximum atomic E-state index is 13.1. The van der Waals surface area contributed by atoms with Crippen molar-refractivity contribution in [2.45, 2.75) is 44.6 Å². The number of aliphatic carboxylic acids is 1. The van der Waals surface area contributed by atoms with Crippen LogP contribution in [0.25, 0.3) is 11.1 Å². The Bertz CT molecular complexity index is 1040. The quantitative estimate of drug-likeness (QED) is 0.675. The summed E-state index contributed by atoms with van der Waals surface area (Å²) >= 11 is 0. The van der Waals surface area contributed by atoms with Crippen LogP contribution in [-0.2, 0) is 4.79 Å². The van der Waals surface area contributed by atoms with Crippen molar-refractivity contribution in [2.24, 2.45) is 0 Å². The number of fused-ring (bicyclic) bond motifs is 1. The molecule has 1 aromatic carbocycles. The van der Waals surface area contributed by atoms with Crippen molar-refractivity contribution in [3.05, 3.63) is 58.9 Å². The summed E-state index contributed by atoms with van der Waals surface area (Å²) in [6.07, 6.45) is 2.04. The van der Waals surface area contributed by atoms with E-state index in [4.69, 9.17) is 4.52 Å². The van der Waals surface area contributed by atoms with Crippen molar-refractivity contribution in [2.75, 3.05) is 0 Å². The highest BCUT2D eigenvalue weighted by Gasteiger charge is 2.31. The van der Waals surface area contributed by atoms with Gasteiger partial charge in [0.1, 0.15) is 0 Å². The molecule has 2 N–H and O–H groups in total. The number of carboxylic acid groups (broad SMARTS) is 1. The lowest BCUT2D eigenvalue weighted by Crippen LogP contribution is -2.34. The van der Waals surface area contributed by atoms with Crippen LogP contribution in [0.1, 0.15) is 71.9 Å². The minimum atomic E-state index is -1.15. The first-order chi connectivity index (χ1) is 13.5.